The minimum Gasteiger partial charge on any atom is -0.294 e. The third-order valence-corrected chi connectivity index (χ3v) is 4.77. The molecule has 0 saturated heterocycles. The minimum atomic E-state index is 0.210. The smallest absolute Gasteiger partial charge is 0.167 e. The molecule has 0 radical (unpaired) electrons. The van der Waals surface area contributed by atoms with Crippen LogP contribution in [0.25, 0.3) is 38.4 Å². The molecule has 0 aromatic heterocycles. The Bertz CT molecular complexity index is 1150. The van der Waals surface area contributed by atoms with Crippen LogP contribution in [0, 0.1) is 0 Å². The van der Waals surface area contributed by atoms with Crippen molar-refractivity contribution >= 4 is 44.2 Å². The van der Waals surface area contributed by atoms with Crippen LogP contribution in [-0.2, 0) is 0 Å². The summed E-state index contributed by atoms with van der Waals surface area (Å²) < 4.78 is 0. The van der Waals surface area contributed by atoms with Gasteiger partial charge in [-0.3, -0.25) is 4.79 Å². The van der Waals surface area contributed by atoms with Crippen LogP contribution in [0.4, 0.5) is 0 Å². The number of rotatable bonds is 0. The zero-order valence-corrected chi connectivity index (χ0v) is 12.5. The molecule has 0 saturated carbocycles. The van der Waals surface area contributed by atoms with Gasteiger partial charge in [-0.05, 0) is 62.1 Å². The number of carbonyl (C=O) groups excluding carboxylic acids is 1. The number of carbonyl (C=O) groups is 1. The van der Waals surface area contributed by atoms with Gasteiger partial charge in [0.1, 0.15) is 0 Å². The van der Waals surface area contributed by atoms with E-state index in [2.05, 4.69) is 66.7 Å². The van der Waals surface area contributed by atoms with Crippen molar-refractivity contribution in [3.8, 4) is 0 Å². The van der Waals surface area contributed by atoms with Crippen molar-refractivity contribution in [2.45, 2.75) is 6.42 Å². The summed E-state index contributed by atoms with van der Waals surface area (Å²) in [7, 11) is 0. The first-order chi connectivity index (χ1) is 11.3. The van der Waals surface area contributed by atoms with Crippen molar-refractivity contribution in [2.75, 3.05) is 0 Å². The van der Waals surface area contributed by atoms with Gasteiger partial charge in [0.05, 0.1) is 0 Å². The molecule has 5 rings (SSSR count). The van der Waals surface area contributed by atoms with Crippen molar-refractivity contribution in [1.82, 2.24) is 0 Å². The lowest BCUT2D eigenvalue weighted by Gasteiger charge is -2.13. The van der Waals surface area contributed by atoms with E-state index in [1.54, 1.807) is 0 Å². The van der Waals surface area contributed by atoms with E-state index >= 15 is 0 Å². The topological polar surface area (TPSA) is 17.1 Å². The highest BCUT2D eigenvalue weighted by Gasteiger charge is 2.15. The normalized spacial score (nSPS) is 13.8. The summed E-state index contributed by atoms with van der Waals surface area (Å²) in [5.74, 6) is 0.210. The number of benzene rings is 4. The van der Waals surface area contributed by atoms with E-state index in [0.717, 1.165) is 16.5 Å². The van der Waals surface area contributed by atoms with Crippen LogP contribution in [0.15, 0.2) is 66.7 Å². The second-order valence-electron chi connectivity index (χ2n) is 6.18. The fraction of sp³-hybridized carbons (Fsp3) is 0.0455. The van der Waals surface area contributed by atoms with Gasteiger partial charge in [-0.2, -0.15) is 0 Å². The minimum absolute atomic E-state index is 0.210. The summed E-state index contributed by atoms with van der Waals surface area (Å²) in [6.07, 6.45) is 4.51. The number of fused-ring (bicyclic) bond motifs is 5. The van der Waals surface area contributed by atoms with Crippen LogP contribution < -0.4 is 0 Å². The zero-order valence-electron chi connectivity index (χ0n) is 12.5. The number of allylic oxidation sites excluding steroid dienone is 1. The molecule has 0 fully saturated rings. The van der Waals surface area contributed by atoms with Crippen molar-refractivity contribution in [3.05, 3.63) is 77.9 Å². The fourth-order valence-electron chi connectivity index (χ4n) is 3.60. The first-order valence-electron chi connectivity index (χ1n) is 7.89. The van der Waals surface area contributed by atoms with Crippen LogP contribution in [-0.4, -0.2) is 5.78 Å². The van der Waals surface area contributed by atoms with E-state index in [4.69, 9.17) is 0 Å². The number of hydrogen-bond acceptors (Lipinski definition) is 1. The first-order valence-corrected chi connectivity index (χ1v) is 7.89. The van der Waals surface area contributed by atoms with Gasteiger partial charge < -0.3 is 0 Å². The molecule has 0 atom stereocenters. The highest BCUT2D eigenvalue weighted by atomic mass is 16.1. The molecule has 1 aliphatic rings. The largest absolute Gasteiger partial charge is 0.294 e. The van der Waals surface area contributed by atoms with E-state index in [9.17, 15) is 4.79 Å². The van der Waals surface area contributed by atoms with Crippen LogP contribution in [0.1, 0.15) is 22.3 Å². The summed E-state index contributed by atoms with van der Waals surface area (Å²) in [6.45, 7) is 0. The molecule has 0 bridgehead atoms. The highest BCUT2D eigenvalue weighted by Crippen LogP contribution is 2.33. The Kier molecular flexibility index (Phi) is 2.48. The lowest BCUT2D eigenvalue weighted by Crippen LogP contribution is -2.04. The number of ketones is 1. The van der Waals surface area contributed by atoms with Gasteiger partial charge in [0, 0.05) is 12.0 Å². The van der Waals surface area contributed by atoms with Crippen molar-refractivity contribution in [1.29, 1.82) is 0 Å². The maximum absolute atomic E-state index is 12.2. The Hall–Kier alpha value is -2.93. The van der Waals surface area contributed by atoms with Crippen molar-refractivity contribution in [3.63, 3.8) is 0 Å². The Labute approximate surface area is 133 Å². The molecule has 23 heavy (non-hydrogen) atoms. The number of Topliss-reactive ketones (excluding diaryl/α,β-unsaturated/α-hetero) is 1. The quantitative estimate of drug-likeness (QED) is 0.298. The average Bonchev–Trinajstić information content (AvgIpc) is 2.59. The first kappa shape index (κ1) is 12.6. The average molecular weight is 294 g/mol. The van der Waals surface area contributed by atoms with Gasteiger partial charge in [0.15, 0.2) is 5.78 Å². The molecule has 0 amide bonds. The molecule has 0 heterocycles. The van der Waals surface area contributed by atoms with E-state index in [0.29, 0.717) is 6.42 Å². The Morgan fingerprint density at radius 2 is 1.39 bits per heavy atom. The van der Waals surface area contributed by atoms with Crippen LogP contribution in [0.3, 0.4) is 0 Å². The lowest BCUT2D eigenvalue weighted by molar-refractivity contribution is 0.0994. The highest BCUT2D eigenvalue weighted by molar-refractivity contribution is 6.15. The standard InChI is InChI=1S/C22H14O/c23-22-7-3-6-16-11-18-9-8-17-10-14-4-1-2-5-15(14)12-19(17)20(18)13-21(16)22/h1-6,8-13H,7H2. The molecule has 108 valence electrons. The lowest BCUT2D eigenvalue weighted by atomic mass is 9.90. The molecule has 1 aliphatic carbocycles. The SMILES string of the molecule is O=C1CC=Cc2cc3ccc4cc5ccccc5cc4c3cc21. The fourth-order valence-corrected chi connectivity index (χ4v) is 3.60. The van der Waals surface area contributed by atoms with Crippen LogP contribution in [0.5, 0.6) is 0 Å². The molecular weight excluding hydrogens is 280 g/mol. The predicted octanol–water partition coefficient (Wildman–Crippen LogP) is 5.75. The van der Waals surface area contributed by atoms with Gasteiger partial charge in [-0.1, -0.05) is 48.6 Å². The maximum Gasteiger partial charge on any atom is 0.167 e. The third kappa shape index (κ3) is 1.83. The Morgan fingerprint density at radius 3 is 2.22 bits per heavy atom. The molecule has 1 heteroatoms. The molecule has 0 N–H and O–H groups in total. The zero-order chi connectivity index (χ0) is 15.4. The van der Waals surface area contributed by atoms with Crippen molar-refractivity contribution < 1.29 is 4.79 Å². The van der Waals surface area contributed by atoms with Gasteiger partial charge in [-0.25, -0.2) is 0 Å². The summed E-state index contributed by atoms with van der Waals surface area (Å²) >= 11 is 0. The predicted molar refractivity (Wildman–Crippen MR) is 96.9 cm³/mol. The molecule has 4 aromatic carbocycles. The van der Waals surface area contributed by atoms with E-state index < -0.39 is 0 Å². The maximum atomic E-state index is 12.2. The summed E-state index contributed by atoms with van der Waals surface area (Å²) in [6, 6.07) is 21.4. The number of hydrogen-bond donors (Lipinski definition) is 0. The van der Waals surface area contributed by atoms with E-state index in [1.807, 2.05) is 6.08 Å². The van der Waals surface area contributed by atoms with Crippen LogP contribution in [0.2, 0.25) is 0 Å². The Morgan fingerprint density at radius 1 is 0.696 bits per heavy atom. The molecular formula is C22H14O. The summed E-state index contributed by atoms with van der Waals surface area (Å²) in [5.41, 5.74) is 1.88. The molecule has 0 unspecified atom stereocenters. The molecule has 1 nitrogen and oxygen atoms in total. The van der Waals surface area contributed by atoms with Gasteiger partial charge in [0.2, 0.25) is 0 Å². The Balaban J connectivity index is 1.94. The summed E-state index contributed by atoms with van der Waals surface area (Å²) in [5, 5.41) is 7.26. The second kappa shape index (κ2) is 4.53. The van der Waals surface area contributed by atoms with Crippen LogP contribution >= 0.6 is 0 Å². The van der Waals surface area contributed by atoms with Gasteiger partial charge >= 0.3 is 0 Å². The molecule has 0 spiro atoms. The molecule has 4 aromatic rings. The van der Waals surface area contributed by atoms with Gasteiger partial charge in [-0.15, -0.1) is 0 Å². The summed E-state index contributed by atoms with van der Waals surface area (Å²) in [4.78, 5) is 12.2. The molecule has 0 aliphatic heterocycles. The second-order valence-corrected chi connectivity index (χ2v) is 6.18. The monoisotopic (exact) mass is 294 g/mol. The van der Waals surface area contributed by atoms with E-state index in [-0.39, 0.29) is 5.78 Å². The van der Waals surface area contributed by atoms with Crippen molar-refractivity contribution in [2.24, 2.45) is 0 Å². The third-order valence-electron chi connectivity index (χ3n) is 4.77. The van der Waals surface area contributed by atoms with E-state index in [1.165, 1.54) is 26.9 Å². The van der Waals surface area contributed by atoms with Gasteiger partial charge in [0.25, 0.3) is 0 Å².